The van der Waals surface area contributed by atoms with Gasteiger partial charge in [0.15, 0.2) is 0 Å². The normalized spacial score (nSPS) is 29.6. The van der Waals surface area contributed by atoms with Crippen molar-refractivity contribution in [2.24, 2.45) is 11.8 Å². The van der Waals surface area contributed by atoms with E-state index in [4.69, 9.17) is 4.74 Å². The summed E-state index contributed by atoms with van der Waals surface area (Å²) in [5.41, 5.74) is 2.78. The predicted molar refractivity (Wildman–Crippen MR) is 77.0 cm³/mol. The molecule has 110 valence electrons. The molecule has 0 spiro atoms. The molecule has 0 aromatic heterocycles. The fraction of sp³-hybridized carbons (Fsp3) is 0.375. The molecular formula is C16H17NO4. The molecule has 0 radical (unpaired) electrons. The quantitative estimate of drug-likeness (QED) is 0.833. The average molecular weight is 287 g/mol. The molecule has 21 heavy (non-hydrogen) atoms. The first-order valence-corrected chi connectivity index (χ1v) is 6.92. The van der Waals surface area contributed by atoms with E-state index in [-0.39, 0.29) is 5.91 Å². The Morgan fingerprint density at radius 1 is 1.14 bits per heavy atom. The molecule has 5 nitrogen and oxygen atoms in total. The van der Waals surface area contributed by atoms with E-state index >= 15 is 0 Å². The zero-order valence-electron chi connectivity index (χ0n) is 11.9. The zero-order chi connectivity index (χ0) is 15.1. The molecule has 2 N–H and O–H groups in total. The van der Waals surface area contributed by atoms with Crippen LogP contribution in [0.3, 0.4) is 0 Å². The first-order valence-electron chi connectivity index (χ1n) is 6.92. The van der Waals surface area contributed by atoms with Gasteiger partial charge < -0.3 is 15.2 Å². The summed E-state index contributed by atoms with van der Waals surface area (Å²) >= 11 is 0. The van der Waals surface area contributed by atoms with Gasteiger partial charge in [-0.15, -0.1) is 0 Å². The molecule has 1 aromatic rings. The molecule has 0 unspecified atom stereocenters. The summed E-state index contributed by atoms with van der Waals surface area (Å²) in [6.07, 6.45) is 2.56. The number of anilines is 1. The molecule has 0 aliphatic carbocycles. The molecule has 5 heteroatoms. The zero-order valence-corrected chi connectivity index (χ0v) is 11.9. The van der Waals surface area contributed by atoms with Gasteiger partial charge in [0, 0.05) is 5.69 Å². The van der Waals surface area contributed by atoms with Gasteiger partial charge in [0.25, 0.3) is 0 Å². The number of aryl methyl sites for hydroxylation is 1. The van der Waals surface area contributed by atoms with Crippen LogP contribution in [0.15, 0.2) is 30.4 Å². The number of hydrogen-bond donors (Lipinski definition) is 2. The Kier molecular flexibility index (Phi) is 3.29. The lowest BCUT2D eigenvalue weighted by atomic mass is 9.82. The number of carboxylic acids is 1. The van der Waals surface area contributed by atoms with E-state index in [0.29, 0.717) is 0 Å². The minimum Gasteiger partial charge on any atom is -0.481 e. The topological polar surface area (TPSA) is 75.6 Å². The lowest BCUT2D eigenvalue weighted by molar-refractivity contribution is -0.145. The Hall–Kier alpha value is -2.14. The molecule has 1 fully saturated rings. The van der Waals surface area contributed by atoms with Crippen molar-refractivity contribution >= 4 is 17.6 Å². The summed E-state index contributed by atoms with van der Waals surface area (Å²) in [6, 6.07) is 5.65. The highest BCUT2D eigenvalue weighted by atomic mass is 16.5. The van der Waals surface area contributed by atoms with Crippen molar-refractivity contribution in [2.75, 3.05) is 5.32 Å². The summed E-state index contributed by atoms with van der Waals surface area (Å²) in [5.74, 6) is -2.79. The molecule has 1 amide bonds. The molecule has 1 aromatic carbocycles. The molecular weight excluding hydrogens is 270 g/mol. The van der Waals surface area contributed by atoms with Crippen LogP contribution in [0, 0.1) is 25.7 Å². The van der Waals surface area contributed by atoms with Gasteiger partial charge in [-0.05, 0) is 31.0 Å². The Bertz CT molecular complexity index is 637. The van der Waals surface area contributed by atoms with Crippen LogP contribution < -0.4 is 5.32 Å². The van der Waals surface area contributed by atoms with E-state index in [0.717, 1.165) is 16.8 Å². The summed E-state index contributed by atoms with van der Waals surface area (Å²) in [7, 11) is 0. The number of benzene rings is 1. The van der Waals surface area contributed by atoms with Crippen LogP contribution in [0.25, 0.3) is 0 Å². The standard InChI is InChI=1S/C16H17NO4/c1-8-4-3-5-10(9(8)2)17-15(18)13-11-6-7-12(21-11)14(13)16(19)20/h3-7,11-14H,1-2H3,(H,17,18)(H,19,20)/t11-,12-,13-,14-/m0/s1. The molecule has 3 rings (SSSR count). The highest BCUT2D eigenvalue weighted by Gasteiger charge is 2.53. The van der Waals surface area contributed by atoms with Crippen molar-refractivity contribution in [1.29, 1.82) is 0 Å². The van der Waals surface area contributed by atoms with Crippen LogP contribution in [-0.2, 0) is 14.3 Å². The summed E-state index contributed by atoms with van der Waals surface area (Å²) in [4.78, 5) is 23.9. The third-order valence-corrected chi connectivity index (χ3v) is 4.35. The van der Waals surface area contributed by atoms with E-state index < -0.39 is 30.0 Å². The van der Waals surface area contributed by atoms with E-state index in [1.807, 2.05) is 32.0 Å². The number of carbonyl (C=O) groups is 2. The lowest BCUT2D eigenvalue weighted by Crippen LogP contribution is -2.39. The van der Waals surface area contributed by atoms with Crippen LogP contribution >= 0.6 is 0 Å². The lowest BCUT2D eigenvalue weighted by Gasteiger charge is -2.21. The Balaban J connectivity index is 1.84. The van der Waals surface area contributed by atoms with Gasteiger partial charge in [-0.2, -0.15) is 0 Å². The van der Waals surface area contributed by atoms with Crippen LogP contribution in [0.1, 0.15) is 11.1 Å². The molecule has 4 atom stereocenters. The van der Waals surface area contributed by atoms with Crippen molar-refractivity contribution in [3.8, 4) is 0 Å². The van der Waals surface area contributed by atoms with Crippen molar-refractivity contribution in [3.05, 3.63) is 41.5 Å². The summed E-state index contributed by atoms with van der Waals surface area (Å²) in [5, 5.41) is 12.2. The number of aliphatic carboxylic acids is 1. The third kappa shape index (κ3) is 2.23. The molecule has 1 saturated heterocycles. The highest BCUT2D eigenvalue weighted by Crippen LogP contribution is 2.40. The van der Waals surface area contributed by atoms with Gasteiger partial charge in [-0.25, -0.2) is 0 Å². The van der Waals surface area contributed by atoms with Crippen molar-refractivity contribution in [2.45, 2.75) is 26.1 Å². The number of nitrogens with one attached hydrogen (secondary N) is 1. The first kappa shape index (κ1) is 13.8. The number of carbonyl (C=O) groups excluding carboxylic acids is 1. The van der Waals surface area contributed by atoms with Crippen molar-refractivity contribution in [1.82, 2.24) is 0 Å². The number of carboxylic acid groups (broad SMARTS) is 1. The van der Waals surface area contributed by atoms with Crippen LogP contribution in [0.5, 0.6) is 0 Å². The van der Waals surface area contributed by atoms with E-state index in [2.05, 4.69) is 5.32 Å². The van der Waals surface area contributed by atoms with Crippen LogP contribution in [0.4, 0.5) is 5.69 Å². The summed E-state index contributed by atoms with van der Waals surface area (Å²) < 4.78 is 5.52. The molecule has 0 saturated carbocycles. The van der Waals surface area contributed by atoms with Gasteiger partial charge in [-0.3, -0.25) is 9.59 Å². The highest BCUT2D eigenvalue weighted by molar-refractivity contribution is 5.97. The van der Waals surface area contributed by atoms with Crippen LogP contribution in [0.2, 0.25) is 0 Å². The molecule has 2 bridgehead atoms. The molecule has 2 aliphatic heterocycles. The molecule has 2 aliphatic rings. The van der Waals surface area contributed by atoms with Gasteiger partial charge in [-0.1, -0.05) is 24.3 Å². The Morgan fingerprint density at radius 2 is 1.81 bits per heavy atom. The number of hydrogen-bond acceptors (Lipinski definition) is 3. The maximum absolute atomic E-state index is 12.5. The maximum atomic E-state index is 12.5. The van der Waals surface area contributed by atoms with Gasteiger partial charge in [0.05, 0.1) is 18.1 Å². The number of fused-ring (bicyclic) bond motifs is 2. The van der Waals surface area contributed by atoms with E-state index in [1.54, 1.807) is 12.2 Å². The minimum absolute atomic E-state index is 0.298. The summed E-state index contributed by atoms with van der Waals surface area (Å²) in [6.45, 7) is 3.89. The fourth-order valence-electron chi connectivity index (χ4n) is 3.02. The van der Waals surface area contributed by atoms with E-state index in [9.17, 15) is 14.7 Å². The SMILES string of the molecule is Cc1cccc(NC(=O)[C@@H]2[C@@H](C(=O)O)[C@@H]3C=C[C@@H]2O3)c1C. The predicted octanol–water partition coefficient (Wildman–Crippen LogP) is 1.90. The number of ether oxygens (including phenoxy) is 1. The monoisotopic (exact) mass is 287 g/mol. The second-order valence-electron chi connectivity index (χ2n) is 5.58. The fourth-order valence-corrected chi connectivity index (χ4v) is 3.02. The second-order valence-corrected chi connectivity index (χ2v) is 5.58. The first-order chi connectivity index (χ1) is 9.99. The maximum Gasteiger partial charge on any atom is 0.310 e. The van der Waals surface area contributed by atoms with Gasteiger partial charge in [0.1, 0.15) is 5.92 Å². The van der Waals surface area contributed by atoms with Crippen molar-refractivity contribution in [3.63, 3.8) is 0 Å². The molecule has 2 heterocycles. The van der Waals surface area contributed by atoms with Crippen LogP contribution in [-0.4, -0.2) is 29.2 Å². The minimum atomic E-state index is -0.993. The number of rotatable bonds is 3. The third-order valence-electron chi connectivity index (χ3n) is 4.35. The Morgan fingerprint density at radius 3 is 2.48 bits per heavy atom. The largest absolute Gasteiger partial charge is 0.481 e. The average Bonchev–Trinajstić information content (AvgIpc) is 3.04. The van der Waals surface area contributed by atoms with Crippen molar-refractivity contribution < 1.29 is 19.4 Å². The number of amides is 1. The van der Waals surface area contributed by atoms with Gasteiger partial charge >= 0.3 is 5.97 Å². The smallest absolute Gasteiger partial charge is 0.310 e. The van der Waals surface area contributed by atoms with Gasteiger partial charge in [0.2, 0.25) is 5.91 Å². The second kappa shape index (κ2) is 5.00. The van der Waals surface area contributed by atoms with E-state index in [1.165, 1.54) is 0 Å². The Labute approximate surface area is 122 Å².